The van der Waals surface area contributed by atoms with Gasteiger partial charge in [0.25, 0.3) is 0 Å². The number of likely N-dealkylation sites (tertiary alicyclic amines) is 1. The van der Waals surface area contributed by atoms with Gasteiger partial charge >= 0.3 is 0 Å². The molecule has 3 unspecified atom stereocenters. The monoisotopic (exact) mass is 540 g/mol. The van der Waals surface area contributed by atoms with Crippen molar-refractivity contribution in [2.24, 2.45) is 28.9 Å². The van der Waals surface area contributed by atoms with E-state index in [9.17, 15) is 23.2 Å². The third-order valence-electron chi connectivity index (χ3n) is 9.35. The minimum absolute atomic E-state index is 0.00412. The molecule has 1 spiro atoms. The highest BCUT2D eigenvalue weighted by atomic mass is 19.1. The van der Waals surface area contributed by atoms with Crippen molar-refractivity contribution in [3.05, 3.63) is 0 Å². The second-order valence-corrected chi connectivity index (χ2v) is 12.8. The van der Waals surface area contributed by atoms with E-state index < -0.39 is 35.2 Å². The second-order valence-electron chi connectivity index (χ2n) is 12.8. The van der Waals surface area contributed by atoms with E-state index in [0.29, 0.717) is 58.2 Å². The minimum Gasteiger partial charge on any atom is -0.378 e. The van der Waals surface area contributed by atoms with Crippen molar-refractivity contribution in [3.63, 3.8) is 0 Å². The van der Waals surface area contributed by atoms with Gasteiger partial charge in [-0.2, -0.15) is 0 Å². The first-order valence-electron chi connectivity index (χ1n) is 14.5. The summed E-state index contributed by atoms with van der Waals surface area (Å²) in [5.41, 5.74) is 4.14. The highest BCUT2D eigenvalue weighted by molar-refractivity contribution is 5.92. The largest absolute Gasteiger partial charge is 0.378 e. The fourth-order valence-electron chi connectivity index (χ4n) is 6.98. The van der Waals surface area contributed by atoms with Crippen LogP contribution >= 0.6 is 0 Å². The number of alkyl halides is 2. The van der Waals surface area contributed by atoms with E-state index >= 15 is 0 Å². The van der Waals surface area contributed by atoms with Crippen LogP contribution in [-0.4, -0.2) is 79.4 Å². The molecule has 10 heteroatoms. The molecule has 3 atom stereocenters. The van der Waals surface area contributed by atoms with Crippen molar-refractivity contribution in [2.45, 2.75) is 102 Å². The number of nitrogens with two attached hydrogens (primary N) is 1. The number of carbonyl (C=O) groups excluding carboxylic acids is 3. The summed E-state index contributed by atoms with van der Waals surface area (Å²) in [6.07, 6.45) is 5.01. The maximum absolute atomic E-state index is 13.8. The molecule has 0 bridgehead atoms. The number of piperidine rings is 1. The number of ether oxygens (including phenoxy) is 1. The zero-order valence-electron chi connectivity index (χ0n) is 23.0. The Morgan fingerprint density at radius 1 is 1.13 bits per heavy atom. The predicted octanol–water partition coefficient (Wildman–Crippen LogP) is 2.64. The molecule has 8 nitrogen and oxygen atoms in total. The Balaban J connectivity index is 1.44. The molecule has 216 valence electrons. The zero-order valence-corrected chi connectivity index (χ0v) is 23.0. The summed E-state index contributed by atoms with van der Waals surface area (Å²) in [7, 11) is 0. The molecule has 2 saturated heterocycles. The number of nitrogens with zero attached hydrogens (tertiary/aromatic N) is 1. The fourth-order valence-corrected chi connectivity index (χ4v) is 6.98. The molecule has 38 heavy (non-hydrogen) atoms. The molecule has 2 aliphatic carbocycles. The molecule has 3 amide bonds. The number of nitrogens with one attached hydrogen (secondary N) is 2. The molecule has 0 aromatic heterocycles. The van der Waals surface area contributed by atoms with Gasteiger partial charge in [-0.15, -0.1) is 0 Å². The van der Waals surface area contributed by atoms with Crippen LogP contribution in [0.15, 0.2) is 0 Å². The molecule has 0 radical (unpaired) electrons. The van der Waals surface area contributed by atoms with Gasteiger partial charge in [0.2, 0.25) is 17.7 Å². The lowest BCUT2D eigenvalue weighted by molar-refractivity contribution is -0.147. The second kappa shape index (κ2) is 12.1. The van der Waals surface area contributed by atoms with Crippen LogP contribution in [0.3, 0.4) is 0 Å². The Bertz CT molecular complexity index is 852. The normalized spacial score (nSPS) is 35.1. The first-order chi connectivity index (χ1) is 18.0. The average molecular weight is 541 g/mol. The average Bonchev–Trinajstić information content (AvgIpc) is 3.18. The highest BCUT2D eigenvalue weighted by Gasteiger charge is 2.55. The van der Waals surface area contributed by atoms with E-state index in [1.54, 1.807) is 18.7 Å². The van der Waals surface area contributed by atoms with Crippen LogP contribution in [0.4, 0.5) is 8.78 Å². The molecule has 4 N–H and O–H groups in total. The minimum atomic E-state index is -1.17. The van der Waals surface area contributed by atoms with Crippen LogP contribution in [0, 0.1) is 23.2 Å². The smallest absolute Gasteiger partial charge is 0.247 e. The molecule has 0 aromatic rings. The summed E-state index contributed by atoms with van der Waals surface area (Å²) in [6.45, 7) is 4.91. The third-order valence-corrected chi connectivity index (χ3v) is 9.35. The molecular formula is C28H46F2N4O4. The van der Waals surface area contributed by atoms with E-state index in [1.165, 1.54) is 0 Å². The molecule has 4 fully saturated rings. The van der Waals surface area contributed by atoms with Crippen LogP contribution in [-0.2, 0) is 19.1 Å². The number of hydrogen-bond donors (Lipinski definition) is 3. The van der Waals surface area contributed by atoms with Gasteiger partial charge in [0, 0.05) is 26.2 Å². The summed E-state index contributed by atoms with van der Waals surface area (Å²) >= 11 is 0. The van der Waals surface area contributed by atoms with Crippen molar-refractivity contribution in [1.82, 2.24) is 15.5 Å². The molecule has 2 heterocycles. The van der Waals surface area contributed by atoms with Crippen molar-refractivity contribution < 1.29 is 27.9 Å². The van der Waals surface area contributed by atoms with E-state index in [-0.39, 0.29) is 42.7 Å². The van der Waals surface area contributed by atoms with Gasteiger partial charge in [-0.3, -0.25) is 14.4 Å². The van der Waals surface area contributed by atoms with Crippen LogP contribution in [0.1, 0.15) is 78.1 Å². The third kappa shape index (κ3) is 6.66. The Labute approximate surface area is 225 Å². The summed E-state index contributed by atoms with van der Waals surface area (Å²) in [5, 5.41) is 5.83. The number of carbonyl (C=O) groups is 3. The molecule has 2 saturated carbocycles. The van der Waals surface area contributed by atoms with Gasteiger partial charge < -0.3 is 26.0 Å². The lowest BCUT2D eigenvalue weighted by Crippen LogP contribution is -2.61. The highest BCUT2D eigenvalue weighted by Crippen LogP contribution is 2.48. The predicted molar refractivity (Wildman–Crippen MR) is 139 cm³/mol. The van der Waals surface area contributed by atoms with E-state index in [4.69, 9.17) is 10.5 Å². The molecule has 4 aliphatic rings. The standard InChI is InChI=1S/C28H46F2N4O4/c1-27(2,31)25(36)33-23(16-38-15-18-4-8-20(29)9-5-18)24(35)34-13-3-12-28(17-34)22(14-32-26(28)37)19-6-10-21(30)11-7-19/h18-23H,3-17,31H2,1-2H3,(H,32,37)(H,33,36). The van der Waals surface area contributed by atoms with Crippen LogP contribution < -0.4 is 16.4 Å². The maximum Gasteiger partial charge on any atom is 0.247 e. The summed E-state index contributed by atoms with van der Waals surface area (Å²) in [4.78, 5) is 41.5. The van der Waals surface area contributed by atoms with Gasteiger partial charge in [0.05, 0.1) is 17.6 Å². The van der Waals surface area contributed by atoms with Crippen LogP contribution in [0.25, 0.3) is 0 Å². The zero-order chi connectivity index (χ0) is 27.5. The fraction of sp³-hybridized carbons (Fsp3) is 0.893. The van der Waals surface area contributed by atoms with Crippen molar-refractivity contribution in [2.75, 3.05) is 32.8 Å². The maximum atomic E-state index is 13.8. The first kappa shape index (κ1) is 29.2. The van der Waals surface area contributed by atoms with Gasteiger partial charge in [0.1, 0.15) is 18.4 Å². The summed E-state index contributed by atoms with van der Waals surface area (Å²) < 4.78 is 33.2. The van der Waals surface area contributed by atoms with Gasteiger partial charge in [0.15, 0.2) is 0 Å². The van der Waals surface area contributed by atoms with Crippen molar-refractivity contribution in [3.8, 4) is 0 Å². The molecule has 0 aromatic carbocycles. The topological polar surface area (TPSA) is 114 Å². The Kier molecular flexibility index (Phi) is 9.33. The number of rotatable bonds is 8. The van der Waals surface area contributed by atoms with Crippen LogP contribution in [0.5, 0.6) is 0 Å². The lowest BCUT2D eigenvalue weighted by atomic mass is 9.63. The molecule has 4 rings (SSSR count). The summed E-state index contributed by atoms with van der Waals surface area (Å²) in [6, 6.07) is -0.928. The molecule has 2 aliphatic heterocycles. The van der Waals surface area contributed by atoms with Crippen molar-refractivity contribution >= 4 is 17.7 Å². The first-order valence-corrected chi connectivity index (χ1v) is 14.5. The van der Waals surface area contributed by atoms with Gasteiger partial charge in [-0.1, -0.05) is 0 Å². The Morgan fingerprint density at radius 3 is 2.39 bits per heavy atom. The van der Waals surface area contributed by atoms with Crippen molar-refractivity contribution in [1.29, 1.82) is 0 Å². The number of amides is 3. The van der Waals surface area contributed by atoms with Gasteiger partial charge in [-0.25, -0.2) is 8.78 Å². The van der Waals surface area contributed by atoms with Gasteiger partial charge in [-0.05, 0) is 95.8 Å². The number of halogens is 2. The molecular weight excluding hydrogens is 494 g/mol. The van der Waals surface area contributed by atoms with E-state index in [2.05, 4.69) is 10.6 Å². The Hall–Kier alpha value is -1.81. The van der Waals surface area contributed by atoms with Crippen LogP contribution in [0.2, 0.25) is 0 Å². The summed E-state index contributed by atoms with van der Waals surface area (Å²) in [5.74, 6) is -0.197. The Morgan fingerprint density at radius 2 is 1.76 bits per heavy atom. The number of hydrogen-bond acceptors (Lipinski definition) is 5. The SMILES string of the molecule is CC(C)(N)C(=O)NC(COCC1CCC(F)CC1)C(=O)N1CCCC2(C1)C(=O)NCC2C1CCC(F)CC1. The van der Waals surface area contributed by atoms with E-state index in [0.717, 1.165) is 25.7 Å². The quantitative estimate of drug-likeness (QED) is 0.438. The van der Waals surface area contributed by atoms with E-state index in [1.807, 2.05) is 0 Å². The lowest BCUT2D eigenvalue weighted by Gasteiger charge is -2.45.